The average molecular weight is 161 g/mol. The van der Waals surface area contributed by atoms with Crippen LogP contribution in [0.1, 0.15) is 32.1 Å². The van der Waals surface area contributed by atoms with Crippen molar-refractivity contribution in [3.05, 3.63) is 0 Å². The van der Waals surface area contributed by atoms with Crippen LogP contribution in [0.25, 0.3) is 0 Å². The third-order valence-corrected chi connectivity index (χ3v) is 2.67. The highest BCUT2D eigenvalue weighted by molar-refractivity contribution is 4.64. The molecule has 0 aliphatic heterocycles. The van der Waals surface area contributed by atoms with Gasteiger partial charge in [0, 0.05) is 0 Å². The van der Waals surface area contributed by atoms with Crippen molar-refractivity contribution in [1.29, 1.82) is 0 Å². The largest absolute Gasteiger partial charge is 1.00 e. The van der Waals surface area contributed by atoms with Crippen LogP contribution in [-0.4, -0.2) is 31.7 Å². The summed E-state index contributed by atoms with van der Waals surface area (Å²) in [6, 6.07) is 0.939. The van der Waals surface area contributed by atoms with Crippen LogP contribution in [0, 0.1) is 0 Å². The van der Waals surface area contributed by atoms with E-state index >= 15 is 0 Å². The fourth-order valence-electron chi connectivity index (χ4n) is 1.86. The monoisotopic (exact) mass is 161 g/mol. The SMILES string of the molecule is C[N+](C)(C)C1CCCCC1.[F-]. The molecule has 0 amide bonds. The number of nitrogens with zero attached hydrogens (tertiary/aromatic N) is 1. The lowest BCUT2D eigenvalue weighted by Crippen LogP contribution is -3.00. The van der Waals surface area contributed by atoms with Crippen LogP contribution in [0.5, 0.6) is 0 Å². The summed E-state index contributed by atoms with van der Waals surface area (Å²) >= 11 is 0. The zero-order valence-corrected chi connectivity index (χ0v) is 7.94. The zero-order valence-electron chi connectivity index (χ0n) is 7.94. The van der Waals surface area contributed by atoms with Crippen LogP contribution >= 0.6 is 0 Å². The van der Waals surface area contributed by atoms with Gasteiger partial charge in [0.1, 0.15) is 0 Å². The van der Waals surface area contributed by atoms with E-state index in [-0.39, 0.29) is 4.70 Å². The molecule has 0 spiro atoms. The van der Waals surface area contributed by atoms with Crippen molar-refractivity contribution in [3.8, 4) is 0 Å². The molecule has 0 aromatic heterocycles. The highest BCUT2D eigenvalue weighted by Crippen LogP contribution is 2.23. The van der Waals surface area contributed by atoms with E-state index in [9.17, 15) is 0 Å². The second-order valence-electron chi connectivity index (χ2n) is 4.41. The van der Waals surface area contributed by atoms with E-state index < -0.39 is 0 Å². The molecule has 1 aliphatic carbocycles. The molecular formula is C9H20FN. The van der Waals surface area contributed by atoms with Gasteiger partial charge in [-0.25, -0.2) is 0 Å². The molecule has 0 aromatic carbocycles. The van der Waals surface area contributed by atoms with E-state index in [4.69, 9.17) is 0 Å². The molecule has 0 unspecified atom stereocenters. The van der Waals surface area contributed by atoms with Crippen molar-refractivity contribution in [3.63, 3.8) is 0 Å². The summed E-state index contributed by atoms with van der Waals surface area (Å²) in [7, 11) is 6.95. The molecule has 1 nitrogen and oxygen atoms in total. The maximum Gasteiger partial charge on any atom is 0.0884 e. The minimum atomic E-state index is 0. The fraction of sp³-hybridized carbons (Fsp3) is 1.00. The first-order valence-corrected chi connectivity index (χ1v) is 4.42. The Bertz CT molecular complexity index is 101. The molecule has 0 heterocycles. The number of quaternary nitrogens is 1. The quantitative estimate of drug-likeness (QED) is 0.434. The number of hydrogen-bond donors (Lipinski definition) is 0. The Kier molecular flexibility index (Phi) is 4.01. The van der Waals surface area contributed by atoms with E-state index in [0.717, 1.165) is 6.04 Å². The minimum Gasteiger partial charge on any atom is -1.00 e. The lowest BCUT2D eigenvalue weighted by Gasteiger charge is -2.36. The van der Waals surface area contributed by atoms with E-state index in [0.29, 0.717) is 0 Å². The predicted molar refractivity (Wildman–Crippen MR) is 44.9 cm³/mol. The van der Waals surface area contributed by atoms with Crippen LogP contribution < -0.4 is 4.70 Å². The Balaban J connectivity index is 0.000001000. The average Bonchev–Trinajstić information content (AvgIpc) is 1.88. The van der Waals surface area contributed by atoms with Gasteiger partial charge in [0.05, 0.1) is 27.2 Å². The molecule has 0 saturated heterocycles. The summed E-state index contributed by atoms with van der Waals surface area (Å²) in [5, 5.41) is 0. The Morgan fingerprint density at radius 2 is 1.36 bits per heavy atom. The van der Waals surface area contributed by atoms with Gasteiger partial charge in [-0.15, -0.1) is 0 Å². The van der Waals surface area contributed by atoms with Crippen LogP contribution in [-0.2, 0) is 0 Å². The fourth-order valence-corrected chi connectivity index (χ4v) is 1.86. The van der Waals surface area contributed by atoms with E-state index in [1.54, 1.807) is 0 Å². The molecule has 68 valence electrons. The molecule has 1 fully saturated rings. The first-order chi connectivity index (χ1) is 4.61. The molecule has 0 bridgehead atoms. The number of halogens is 1. The van der Waals surface area contributed by atoms with Gasteiger partial charge in [-0.1, -0.05) is 6.42 Å². The summed E-state index contributed by atoms with van der Waals surface area (Å²) in [5.41, 5.74) is 0. The lowest BCUT2D eigenvalue weighted by molar-refractivity contribution is -0.897. The number of hydrogen-bond acceptors (Lipinski definition) is 0. The van der Waals surface area contributed by atoms with E-state index in [1.807, 2.05) is 0 Å². The molecule has 0 N–H and O–H groups in total. The first kappa shape index (κ1) is 10.9. The van der Waals surface area contributed by atoms with Gasteiger partial charge in [0.2, 0.25) is 0 Å². The predicted octanol–water partition coefficient (Wildman–Crippen LogP) is -0.971. The van der Waals surface area contributed by atoms with Crippen molar-refractivity contribution < 1.29 is 9.19 Å². The highest BCUT2D eigenvalue weighted by atomic mass is 19.0. The molecule has 1 aliphatic rings. The summed E-state index contributed by atoms with van der Waals surface area (Å²) in [6.07, 6.45) is 7.28. The molecule has 11 heavy (non-hydrogen) atoms. The van der Waals surface area contributed by atoms with Gasteiger partial charge in [-0.2, -0.15) is 0 Å². The zero-order chi connectivity index (χ0) is 7.61. The van der Waals surface area contributed by atoms with Crippen molar-refractivity contribution >= 4 is 0 Å². The van der Waals surface area contributed by atoms with Crippen LogP contribution in [0.3, 0.4) is 0 Å². The normalized spacial score (nSPS) is 21.0. The van der Waals surface area contributed by atoms with Crippen molar-refractivity contribution in [2.24, 2.45) is 0 Å². The van der Waals surface area contributed by atoms with E-state index in [2.05, 4.69) is 21.1 Å². The first-order valence-electron chi connectivity index (χ1n) is 4.42. The minimum absolute atomic E-state index is 0. The van der Waals surface area contributed by atoms with Crippen molar-refractivity contribution in [1.82, 2.24) is 0 Å². The molecule has 0 radical (unpaired) electrons. The van der Waals surface area contributed by atoms with Gasteiger partial charge in [0.15, 0.2) is 0 Å². The molecule has 1 rings (SSSR count). The molecule has 0 aromatic rings. The van der Waals surface area contributed by atoms with E-state index in [1.165, 1.54) is 36.6 Å². The Morgan fingerprint density at radius 1 is 0.909 bits per heavy atom. The van der Waals surface area contributed by atoms with Crippen molar-refractivity contribution in [2.75, 3.05) is 21.1 Å². The van der Waals surface area contributed by atoms with Crippen LogP contribution in [0.2, 0.25) is 0 Å². The van der Waals surface area contributed by atoms with Crippen LogP contribution in [0.15, 0.2) is 0 Å². The van der Waals surface area contributed by atoms with Gasteiger partial charge in [-0.05, 0) is 25.7 Å². The summed E-state index contributed by atoms with van der Waals surface area (Å²) < 4.78 is 1.17. The number of rotatable bonds is 1. The maximum absolute atomic E-state index is 2.32. The smallest absolute Gasteiger partial charge is 0.0884 e. The molecule has 2 heteroatoms. The molecular weight excluding hydrogens is 141 g/mol. The van der Waals surface area contributed by atoms with Crippen LogP contribution in [0.4, 0.5) is 0 Å². The standard InChI is InChI=1S/C9H20N.FH/c1-10(2,3)9-7-5-4-6-8-9;/h9H,4-8H2,1-3H3;1H/q+1;/p-1. The third kappa shape index (κ3) is 3.19. The summed E-state index contributed by atoms with van der Waals surface area (Å²) in [5.74, 6) is 0. The summed E-state index contributed by atoms with van der Waals surface area (Å²) in [6.45, 7) is 0. The second-order valence-corrected chi connectivity index (χ2v) is 4.41. The second kappa shape index (κ2) is 4.05. The summed E-state index contributed by atoms with van der Waals surface area (Å²) in [4.78, 5) is 0. The van der Waals surface area contributed by atoms with Gasteiger partial charge in [0.25, 0.3) is 0 Å². The molecule has 0 atom stereocenters. The Morgan fingerprint density at radius 3 is 1.64 bits per heavy atom. The van der Waals surface area contributed by atoms with Gasteiger partial charge in [-0.3, -0.25) is 0 Å². The Hall–Kier alpha value is -0.110. The maximum atomic E-state index is 2.32. The van der Waals surface area contributed by atoms with Gasteiger partial charge >= 0.3 is 0 Å². The topological polar surface area (TPSA) is 0 Å². The van der Waals surface area contributed by atoms with Crippen molar-refractivity contribution in [2.45, 2.75) is 38.1 Å². The Labute approximate surface area is 69.4 Å². The highest BCUT2D eigenvalue weighted by Gasteiger charge is 2.24. The molecule has 1 saturated carbocycles. The lowest BCUT2D eigenvalue weighted by atomic mass is 9.94. The van der Waals surface area contributed by atoms with Gasteiger partial charge < -0.3 is 9.19 Å². The third-order valence-electron chi connectivity index (χ3n) is 2.67.